The molecule has 3 N–H and O–H groups in total. The van der Waals surface area contributed by atoms with Gasteiger partial charge >= 0.3 is 0 Å². The number of hydrogen-bond acceptors (Lipinski definition) is 7. The van der Waals surface area contributed by atoms with E-state index in [0.29, 0.717) is 29.3 Å². The standard InChI is InChI=1S/C18H23F2N7S/c1-11-13(26-28-2)4-3-7-27(11)17-8-14(23-10-24-17)15-9-22-16(25-15)6-5-12(21)18(19)20/h5-6,8-11,13,18,21,26H,3-4,7H2,1-2H3,(H,22,25)/b6-5-,21-12?. The van der Waals surface area contributed by atoms with Gasteiger partial charge in [-0.3, -0.25) is 10.1 Å². The van der Waals surface area contributed by atoms with E-state index in [1.54, 1.807) is 18.1 Å². The maximum atomic E-state index is 12.4. The lowest BCUT2D eigenvalue weighted by molar-refractivity contribution is 0.226. The molecule has 1 aliphatic rings. The SMILES string of the molecule is CSNC1CCCN(c2cc(-c3cnc(/C=C\C(=N)C(F)F)[nH]3)ncn2)C1C. The lowest BCUT2D eigenvalue weighted by Crippen LogP contribution is -2.51. The van der Waals surface area contributed by atoms with Crippen LogP contribution in [0.15, 0.2) is 24.7 Å². The molecule has 0 bridgehead atoms. The van der Waals surface area contributed by atoms with E-state index >= 15 is 0 Å². The number of aromatic nitrogens is 4. The van der Waals surface area contributed by atoms with Crippen molar-refractivity contribution in [2.45, 2.75) is 38.3 Å². The third kappa shape index (κ3) is 4.74. The first-order chi connectivity index (χ1) is 13.5. The largest absolute Gasteiger partial charge is 0.352 e. The number of hydrogen-bond donors (Lipinski definition) is 3. The predicted molar refractivity (Wildman–Crippen MR) is 109 cm³/mol. The topological polar surface area (TPSA) is 93.6 Å². The maximum Gasteiger partial charge on any atom is 0.279 e. The highest BCUT2D eigenvalue weighted by molar-refractivity contribution is 7.96. The van der Waals surface area contributed by atoms with Gasteiger partial charge in [0.15, 0.2) is 0 Å². The summed E-state index contributed by atoms with van der Waals surface area (Å²) in [6.45, 7) is 3.11. The fourth-order valence-corrected chi connectivity index (χ4v) is 3.84. The van der Waals surface area contributed by atoms with E-state index in [-0.39, 0.29) is 0 Å². The fraction of sp³-hybridized carbons (Fsp3) is 0.444. The molecule has 7 nitrogen and oxygen atoms in total. The van der Waals surface area contributed by atoms with Gasteiger partial charge in [-0.2, -0.15) is 0 Å². The second-order valence-corrected chi connectivity index (χ2v) is 7.18. The van der Waals surface area contributed by atoms with Gasteiger partial charge in [0.1, 0.15) is 18.0 Å². The second-order valence-electron chi connectivity index (χ2n) is 6.54. The minimum absolute atomic E-state index is 0.296. The summed E-state index contributed by atoms with van der Waals surface area (Å²) in [4.78, 5) is 18.2. The van der Waals surface area contributed by atoms with Crippen LogP contribution in [-0.2, 0) is 0 Å². The van der Waals surface area contributed by atoms with Crippen molar-refractivity contribution in [3.8, 4) is 11.4 Å². The van der Waals surface area contributed by atoms with Gasteiger partial charge in [0.05, 0.1) is 23.3 Å². The molecule has 0 aliphatic carbocycles. The molecule has 3 rings (SSSR count). The van der Waals surface area contributed by atoms with Gasteiger partial charge in [0, 0.05) is 24.7 Å². The van der Waals surface area contributed by atoms with Crippen molar-refractivity contribution in [2.24, 2.45) is 0 Å². The molecule has 28 heavy (non-hydrogen) atoms. The van der Waals surface area contributed by atoms with Crippen molar-refractivity contribution < 1.29 is 8.78 Å². The zero-order valence-electron chi connectivity index (χ0n) is 15.7. The smallest absolute Gasteiger partial charge is 0.279 e. The van der Waals surface area contributed by atoms with Crippen LogP contribution in [0.25, 0.3) is 17.5 Å². The average Bonchev–Trinajstić information content (AvgIpc) is 3.17. The van der Waals surface area contributed by atoms with Crippen molar-refractivity contribution in [1.29, 1.82) is 5.41 Å². The summed E-state index contributed by atoms with van der Waals surface area (Å²) in [5.74, 6) is 1.23. The van der Waals surface area contributed by atoms with Crippen molar-refractivity contribution in [1.82, 2.24) is 24.7 Å². The predicted octanol–water partition coefficient (Wildman–Crippen LogP) is 3.39. The molecule has 0 radical (unpaired) electrons. The van der Waals surface area contributed by atoms with E-state index in [4.69, 9.17) is 5.41 Å². The average molecular weight is 407 g/mol. The van der Waals surface area contributed by atoms with Crippen LogP contribution in [0.3, 0.4) is 0 Å². The summed E-state index contributed by atoms with van der Waals surface area (Å²) >= 11 is 1.63. The summed E-state index contributed by atoms with van der Waals surface area (Å²) < 4.78 is 28.2. The number of rotatable bonds is 7. The van der Waals surface area contributed by atoms with Gasteiger partial charge in [0.25, 0.3) is 6.43 Å². The van der Waals surface area contributed by atoms with Crippen molar-refractivity contribution in [3.05, 3.63) is 30.5 Å². The van der Waals surface area contributed by atoms with Gasteiger partial charge in [0.2, 0.25) is 0 Å². The molecule has 2 atom stereocenters. The molecule has 1 saturated heterocycles. The Kier molecular flexibility index (Phi) is 6.74. The Morgan fingerprint density at radius 1 is 1.43 bits per heavy atom. The molecule has 3 heterocycles. The number of nitrogens with zero attached hydrogens (tertiary/aromatic N) is 4. The Labute approximate surface area is 166 Å². The van der Waals surface area contributed by atoms with Gasteiger partial charge in [-0.1, -0.05) is 11.9 Å². The molecule has 0 amide bonds. The number of H-pyrrole nitrogens is 1. The quantitative estimate of drug-likeness (QED) is 0.481. The zero-order valence-corrected chi connectivity index (χ0v) is 16.5. The van der Waals surface area contributed by atoms with Gasteiger partial charge in [-0.25, -0.2) is 23.7 Å². The van der Waals surface area contributed by atoms with E-state index in [1.165, 1.54) is 12.4 Å². The Balaban J connectivity index is 1.77. The number of alkyl halides is 2. The fourth-order valence-electron chi connectivity index (χ4n) is 3.22. The Bertz CT molecular complexity index is 837. The number of halogens is 2. The highest BCUT2D eigenvalue weighted by Gasteiger charge is 2.28. The number of piperidine rings is 1. The Morgan fingerprint density at radius 3 is 3.00 bits per heavy atom. The highest BCUT2D eigenvalue weighted by atomic mass is 32.2. The third-order valence-corrected chi connectivity index (χ3v) is 5.27. The van der Waals surface area contributed by atoms with Crippen molar-refractivity contribution >= 4 is 29.6 Å². The van der Waals surface area contributed by atoms with Crippen LogP contribution in [0.2, 0.25) is 0 Å². The molecule has 2 aromatic heterocycles. The van der Waals surface area contributed by atoms with Crippen LogP contribution in [0, 0.1) is 5.41 Å². The lowest BCUT2D eigenvalue weighted by atomic mass is 9.98. The molecule has 0 spiro atoms. The highest BCUT2D eigenvalue weighted by Crippen LogP contribution is 2.26. The van der Waals surface area contributed by atoms with Crippen LogP contribution in [0.5, 0.6) is 0 Å². The van der Waals surface area contributed by atoms with Crippen molar-refractivity contribution in [2.75, 3.05) is 17.7 Å². The molecule has 0 saturated carbocycles. The molecule has 0 aromatic carbocycles. The van der Waals surface area contributed by atoms with Gasteiger partial charge < -0.3 is 9.88 Å². The summed E-state index contributed by atoms with van der Waals surface area (Å²) in [6.07, 6.45) is 6.93. The number of nitrogens with one attached hydrogen (secondary N) is 3. The molecule has 10 heteroatoms. The molecule has 1 fully saturated rings. The van der Waals surface area contributed by atoms with E-state index < -0.39 is 12.1 Å². The first-order valence-electron chi connectivity index (χ1n) is 8.97. The molecule has 150 valence electrons. The molecular formula is C18H23F2N7S. The zero-order chi connectivity index (χ0) is 20.1. The first-order valence-corrected chi connectivity index (χ1v) is 10.2. The minimum Gasteiger partial charge on any atom is -0.352 e. The monoisotopic (exact) mass is 407 g/mol. The van der Waals surface area contributed by atoms with Gasteiger partial charge in [-0.05, 0) is 38.2 Å². The summed E-state index contributed by atoms with van der Waals surface area (Å²) in [6, 6.07) is 2.58. The van der Waals surface area contributed by atoms with E-state index in [9.17, 15) is 8.78 Å². The van der Waals surface area contributed by atoms with Gasteiger partial charge in [-0.15, -0.1) is 0 Å². The van der Waals surface area contributed by atoms with Crippen LogP contribution in [0.4, 0.5) is 14.6 Å². The number of aromatic amines is 1. The maximum absolute atomic E-state index is 12.4. The van der Waals surface area contributed by atoms with Crippen LogP contribution in [0.1, 0.15) is 25.6 Å². The first kappa shape index (κ1) is 20.4. The normalized spacial score (nSPS) is 20.2. The molecule has 2 unspecified atom stereocenters. The lowest BCUT2D eigenvalue weighted by Gasteiger charge is -2.40. The third-order valence-electron chi connectivity index (χ3n) is 4.73. The number of anilines is 1. The van der Waals surface area contributed by atoms with Crippen LogP contribution < -0.4 is 9.62 Å². The van der Waals surface area contributed by atoms with E-state index in [2.05, 4.69) is 36.5 Å². The number of imidazole rings is 1. The van der Waals surface area contributed by atoms with Crippen LogP contribution >= 0.6 is 11.9 Å². The summed E-state index contributed by atoms with van der Waals surface area (Å²) in [5.41, 5.74) is 0.582. The molecule has 1 aliphatic heterocycles. The van der Waals surface area contributed by atoms with E-state index in [1.807, 2.05) is 12.3 Å². The van der Waals surface area contributed by atoms with Crippen LogP contribution in [-0.4, -0.2) is 57.0 Å². The second kappa shape index (κ2) is 9.24. The molecular weight excluding hydrogens is 384 g/mol. The van der Waals surface area contributed by atoms with Crippen molar-refractivity contribution in [3.63, 3.8) is 0 Å². The number of allylic oxidation sites excluding steroid dienone is 1. The minimum atomic E-state index is -2.80. The molecule has 2 aromatic rings. The van der Waals surface area contributed by atoms with E-state index in [0.717, 1.165) is 31.3 Å². The Morgan fingerprint density at radius 2 is 2.25 bits per heavy atom. The summed E-state index contributed by atoms with van der Waals surface area (Å²) in [5, 5.41) is 7.16. The summed E-state index contributed by atoms with van der Waals surface area (Å²) in [7, 11) is 0. The Hall–Kier alpha value is -2.33.